The molecule has 1 aromatic rings. The molecule has 1 saturated carbocycles. The smallest absolute Gasteiger partial charge is 0.271 e. The van der Waals surface area contributed by atoms with E-state index in [4.69, 9.17) is 4.74 Å². The molecule has 2 heterocycles. The lowest BCUT2D eigenvalue weighted by Gasteiger charge is -2.33. The quantitative estimate of drug-likeness (QED) is 0.802. The van der Waals surface area contributed by atoms with Crippen molar-refractivity contribution in [3.8, 4) is 0 Å². The van der Waals surface area contributed by atoms with Crippen LogP contribution in [0.5, 0.6) is 0 Å². The summed E-state index contributed by atoms with van der Waals surface area (Å²) in [6.45, 7) is 3.52. The number of carbonyl (C=O) groups is 1. The molecule has 1 atom stereocenters. The normalized spacial score (nSPS) is 22.8. The predicted octanol–water partition coefficient (Wildman–Crippen LogP) is 0.111. The van der Waals surface area contributed by atoms with Crippen LogP contribution < -0.4 is 10.6 Å². The Balaban J connectivity index is 1.49. The summed E-state index contributed by atoms with van der Waals surface area (Å²) in [5, 5.41) is 13.6. The summed E-state index contributed by atoms with van der Waals surface area (Å²) in [5.41, 5.74) is 0.317. The minimum atomic E-state index is -0.232. The van der Waals surface area contributed by atoms with E-state index in [0.717, 1.165) is 25.7 Å². The van der Waals surface area contributed by atoms with Crippen molar-refractivity contribution in [1.29, 1.82) is 0 Å². The number of hydrogen-bond acceptors (Lipinski definition) is 6. The van der Waals surface area contributed by atoms with Gasteiger partial charge >= 0.3 is 0 Å². The summed E-state index contributed by atoms with van der Waals surface area (Å²) >= 11 is 0. The minimum absolute atomic E-state index is 0.180. The number of nitrogens with zero attached hydrogens (tertiary/aromatic N) is 3. The number of morpholine rings is 1. The Bertz CT molecular complexity index is 489. The highest BCUT2D eigenvalue weighted by Crippen LogP contribution is 2.28. The van der Waals surface area contributed by atoms with Gasteiger partial charge in [-0.3, -0.25) is 9.69 Å². The van der Waals surface area contributed by atoms with E-state index in [0.29, 0.717) is 18.1 Å². The van der Waals surface area contributed by atoms with Gasteiger partial charge in [0.15, 0.2) is 5.69 Å². The third-order valence-electron chi connectivity index (χ3n) is 3.87. The van der Waals surface area contributed by atoms with Crippen LogP contribution in [0.3, 0.4) is 0 Å². The van der Waals surface area contributed by atoms with Crippen molar-refractivity contribution in [2.75, 3.05) is 38.6 Å². The molecule has 114 valence electrons. The lowest BCUT2D eigenvalue weighted by atomic mass is 10.2. The molecule has 1 amide bonds. The number of rotatable bonds is 5. The Kier molecular flexibility index (Phi) is 4.31. The first-order chi connectivity index (χ1) is 10.3. The molecule has 0 radical (unpaired) electrons. The molecular formula is C14H21N5O2. The van der Waals surface area contributed by atoms with Gasteiger partial charge in [0.05, 0.1) is 12.7 Å². The molecule has 7 nitrogen and oxygen atoms in total. The molecule has 1 aliphatic heterocycles. The van der Waals surface area contributed by atoms with E-state index in [1.807, 2.05) is 0 Å². The number of anilines is 1. The summed E-state index contributed by atoms with van der Waals surface area (Å²) in [6.07, 6.45) is 2.83. The Morgan fingerprint density at radius 1 is 1.43 bits per heavy atom. The Labute approximate surface area is 124 Å². The number of carbonyl (C=O) groups excluding carboxylic acids is 1. The van der Waals surface area contributed by atoms with Crippen LogP contribution >= 0.6 is 0 Å². The highest BCUT2D eigenvalue weighted by molar-refractivity contribution is 5.91. The molecule has 0 bridgehead atoms. The van der Waals surface area contributed by atoms with Gasteiger partial charge < -0.3 is 15.4 Å². The first-order valence-electron chi connectivity index (χ1n) is 7.41. The summed E-state index contributed by atoms with van der Waals surface area (Å²) in [5.74, 6) is 0.430. The predicted molar refractivity (Wildman–Crippen MR) is 78.2 cm³/mol. The van der Waals surface area contributed by atoms with Gasteiger partial charge in [0, 0.05) is 32.7 Å². The van der Waals surface area contributed by atoms with Crippen LogP contribution in [0.4, 0.5) is 5.82 Å². The molecule has 0 aromatic carbocycles. The molecule has 2 aliphatic rings. The Morgan fingerprint density at radius 3 is 2.95 bits per heavy atom. The third-order valence-corrected chi connectivity index (χ3v) is 3.87. The molecule has 2 N–H and O–H groups in total. The second-order valence-corrected chi connectivity index (χ2v) is 5.48. The molecule has 7 heteroatoms. The van der Waals surface area contributed by atoms with Crippen molar-refractivity contribution in [2.45, 2.75) is 25.0 Å². The summed E-state index contributed by atoms with van der Waals surface area (Å²) in [7, 11) is 1.57. The van der Waals surface area contributed by atoms with Crippen molar-refractivity contribution in [3.05, 3.63) is 17.8 Å². The number of amides is 1. The second-order valence-electron chi connectivity index (χ2n) is 5.48. The average Bonchev–Trinajstić information content (AvgIpc) is 3.38. The third kappa shape index (κ3) is 3.68. The molecule has 1 unspecified atom stereocenters. The van der Waals surface area contributed by atoms with Gasteiger partial charge in [-0.2, -0.15) is 0 Å². The molecule has 1 saturated heterocycles. The topological polar surface area (TPSA) is 79.4 Å². The van der Waals surface area contributed by atoms with E-state index in [1.54, 1.807) is 19.2 Å². The van der Waals surface area contributed by atoms with Crippen LogP contribution in [0.25, 0.3) is 0 Å². The first kappa shape index (κ1) is 14.2. The van der Waals surface area contributed by atoms with Crippen LogP contribution in [-0.2, 0) is 4.74 Å². The van der Waals surface area contributed by atoms with Crippen molar-refractivity contribution in [2.24, 2.45) is 0 Å². The fourth-order valence-electron chi connectivity index (χ4n) is 2.53. The van der Waals surface area contributed by atoms with Crippen molar-refractivity contribution in [3.63, 3.8) is 0 Å². The van der Waals surface area contributed by atoms with Gasteiger partial charge in [0.25, 0.3) is 5.91 Å². The highest BCUT2D eigenvalue weighted by atomic mass is 16.5. The van der Waals surface area contributed by atoms with E-state index < -0.39 is 0 Å². The standard InChI is InChI=1S/C14H21N5O2/c1-15-14(20)12-4-5-13(18-17-12)16-8-11-9-19(6-7-21-11)10-2-3-10/h4-5,10-11H,2-3,6-9H2,1H3,(H,15,20)(H,16,18). The van der Waals surface area contributed by atoms with Gasteiger partial charge in [0.1, 0.15) is 5.82 Å². The highest BCUT2D eigenvalue weighted by Gasteiger charge is 2.32. The lowest BCUT2D eigenvalue weighted by Crippen LogP contribution is -2.46. The molecule has 2 fully saturated rings. The molecule has 1 aliphatic carbocycles. The largest absolute Gasteiger partial charge is 0.374 e. The fraction of sp³-hybridized carbons (Fsp3) is 0.643. The maximum atomic E-state index is 11.4. The van der Waals surface area contributed by atoms with Gasteiger partial charge in [0.2, 0.25) is 0 Å². The molecule has 3 rings (SSSR count). The van der Waals surface area contributed by atoms with Crippen LogP contribution in [0.1, 0.15) is 23.3 Å². The van der Waals surface area contributed by atoms with Crippen molar-refractivity contribution in [1.82, 2.24) is 20.4 Å². The zero-order chi connectivity index (χ0) is 14.7. The van der Waals surface area contributed by atoms with E-state index in [1.165, 1.54) is 12.8 Å². The SMILES string of the molecule is CNC(=O)c1ccc(NCC2CN(C3CC3)CCO2)nn1. The number of ether oxygens (including phenoxy) is 1. The van der Waals surface area contributed by atoms with Crippen LogP contribution in [-0.4, -0.2) is 66.4 Å². The van der Waals surface area contributed by atoms with Crippen molar-refractivity contribution < 1.29 is 9.53 Å². The second kappa shape index (κ2) is 6.36. The van der Waals surface area contributed by atoms with Crippen molar-refractivity contribution >= 4 is 11.7 Å². The molecule has 21 heavy (non-hydrogen) atoms. The van der Waals surface area contributed by atoms with Crippen LogP contribution in [0, 0.1) is 0 Å². The zero-order valence-corrected chi connectivity index (χ0v) is 12.2. The summed E-state index contributed by atoms with van der Waals surface area (Å²) < 4.78 is 5.77. The van der Waals surface area contributed by atoms with Crippen LogP contribution in [0.15, 0.2) is 12.1 Å². The minimum Gasteiger partial charge on any atom is -0.374 e. The lowest BCUT2D eigenvalue weighted by molar-refractivity contribution is -0.0241. The van der Waals surface area contributed by atoms with E-state index in [9.17, 15) is 4.79 Å². The number of nitrogens with one attached hydrogen (secondary N) is 2. The van der Waals surface area contributed by atoms with Gasteiger partial charge in [-0.1, -0.05) is 0 Å². The maximum Gasteiger partial charge on any atom is 0.271 e. The number of aromatic nitrogens is 2. The fourth-order valence-corrected chi connectivity index (χ4v) is 2.53. The van der Waals surface area contributed by atoms with E-state index in [2.05, 4.69) is 25.7 Å². The molecule has 0 spiro atoms. The van der Waals surface area contributed by atoms with Gasteiger partial charge in [-0.15, -0.1) is 10.2 Å². The monoisotopic (exact) mass is 291 g/mol. The molecule has 1 aromatic heterocycles. The first-order valence-corrected chi connectivity index (χ1v) is 7.41. The summed E-state index contributed by atoms with van der Waals surface area (Å²) in [6, 6.07) is 4.20. The Hall–Kier alpha value is -1.73. The van der Waals surface area contributed by atoms with Gasteiger partial charge in [-0.05, 0) is 25.0 Å². The zero-order valence-electron chi connectivity index (χ0n) is 12.2. The molecular weight excluding hydrogens is 270 g/mol. The van der Waals surface area contributed by atoms with E-state index >= 15 is 0 Å². The van der Waals surface area contributed by atoms with E-state index in [-0.39, 0.29) is 12.0 Å². The average molecular weight is 291 g/mol. The van der Waals surface area contributed by atoms with Crippen LogP contribution in [0.2, 0.25) is 0 Å². The van der Waals surface area contributed by atoms with Gasteiger partial charge in [-0.25, -0.2) is 0 Å². The number of hydrogen-bond donors (Lipinski definition) is 2. The Morgan fingerprint density at radius 2 is 2.29 bits per heavy atom. The maximum absolute atomic E-state index is 11.4. The summed E-state index contributed by atoms with van der Waals surface area (Å²) in [4.78, 5) is 13.9.